The van der Waals surface area contributed by atoms with Crippen LogP contribution in [0.2, 0.25) is 0 Å². The zero-order valence-corrected chi connectivity index (χ0v) is 6.05. The summed E-state index contributed by atoms with van der Waals surface area (Å²) in [6, 6.07) is 1.36. The van der Waals surface area contributed by atoms with Crippen LogP contribution in [0.3, 0.4) is 0 Å². The van der Waals surface area contributed by atoms with Crippen molar-refractivity contribution in [1.82, 2.24) is 4.98 Å². The van der Waals surface area contributed by atoms with Crippen LogP contribution >= 0.6 is 0 Å². The van der Waals surface area contributed by atoms with Crippen molar-refractivity contribution in [2.45, 2.75) is 6.54 Å². The van der Waals surface area contributed by atoms with Crippen LogP contribution in [0.1, 0.15) is 11.3 Å². The molecule has 0 amide bonds. The van der Waals surface area contributed by atoms with Crippen molar-refractivity contribution in [2.24, 2.45) is 5.73 Å². The summed E-state index contributed by atoms with van der Waals surface area (Å²) in [6.07, 6.45) is 2.69. The first-order chi connectivity index (χ1) is 5.27. The molecule has 2 nitrogen and oxygen atoms in total. The number of rotatable bonds is 2. The smallest absolute Gasteiger partial charge is 0.142 e. The molecule has 0 aliphatic rings. The molecule has 1 aromatic rings. The third kappa shape index (κ3) is 1.62. The van der Waals surface area contributed by atoms with Gasteiger partial charge in [-0.15, -0.1) is 0 Å². The lowest BCUT2D eigenvalue weighted by Gasteiger charge is -2.00. The summed E-state index contributed by atoms with van der Waals surface area (Å²) < 4.78 is 12.5. The van der Waals surface area contributed by atoms with Crippen LogP contribution in [0.4, 0.5) is 4.39 Å². The molecule has 0 atom stereocenters. The Kier molecular flexibility index (Phi) is 2.33. The summed E-state index contributed by atoms with van der Waals surface area (Å²) in [5, 5.41) is 0. The Bertz CT molecular complexity index is 271. The molecule has 0 spiro atoms. The second kappa shape index (κ2) is 3.25. The normalized spacial score (nSPS) is 9.64. The molecule has 0 saturated heterocycles. The highest BCUT2D eigenvalue weighted by Gasteiger charge is 1.99. The van der Waals surface area contributed by atoms with Gasteiger partial charge < -0.3 is 5.73 Å². The molecular formula is C8H9FN2. The summed E-state index contributed by atoms with van der Waals surface area (Å²) in [7, 11) is 0. The predicted molar refractivity (Wildman–Crippen MR) is 42.2 cm³/mol. The summed E-state index contributed by atoms with van der Waals surface area (Å²) >= 11 is 0. The van der Waals surface area contributed by atoms with Gasteiger partial charge in [-0.3, -0.25) is 4.98 Å². The third-order valence-electron chi connectivity index (χ3n) is 1.38. The Morgan fingerprint density at radius 3 is 3.00 bits per heavy atom. The molecule has 2 N–H and O–H groups in total. The van der Waals surface area contributed by atoms with Crippen LogP contribution < -0.4 is 5.73 Å². The maximum absolute atomic E-state index is 12.5. The lowest BCUT2D eigenvalue weighted by molar-refractivity contribution is 0.618. The molecule has 0 aromatic carbocycles. The van der Waals surface area contributed by atoms with Crippen LogP contribution in [-0.2, 0) is 6.54 Å². The average molecular weight is 152 g/mol. The Labute approximate surface area is 64.6 Å². The SMILES string of the molecule is C=Cc1cc(F)cnc1CN. The first kappa shape index (κ1) is 7.88. The largest absolute Gasteiger partial charge is 0.325 e. The molecular weight excluding hydrogens is 143 g/mol. The number of pyridine rings is 1. The number of nitrogens with two attached hydrogens (primary N) is 1. The Morgan fingerprint density at radius 2 is 2.45 bits per heavy atom. The second-order valence-electron chi connectivity index (χ2n) is 2.10. The highest BCUT2D eigenvalue weighted by Crippen LogP contribution is 2.08. The van der Waals surface area contributed by atoms with Crippen molar-refractivity contribution in [3.63, 3.8) is 0 Å². The van der Waals surface area contributed by atoms with Gasteiger partial charge in [0.05, 0.1) is 11.9 Å². The minimum absolute atomic E-state index is 0.307. The van der Waals surface area contributed by atoms with Crippen molar-refractivity contribution in [3.05, 3.63) is 35.9 Å². The predicted octanol–water partition coefficient (Wildman–Crippen LogP) is 1.32. The molecule has 0 unspecified atom stereocenters. The van der Waals surface area contributed by atoms with Crippen LogP contribution in [0, 0.1) is 5.82 Å². The van der Waals surface area contributed by atoms with Crippen molar-refractivity contribution in [2.75, 3.05) is 0 Å². The van der Waals surface area contributed by atoms with E-state index in [4.69, 9.17) is 5.73 Å². The van der Waals surface area contributed by atoms with Gasteiger partial charge in [-0.05, 0) is 11.6 Å². The van der Waals surface area contributed by atoms with Crippen LogP contribution in [0.25, 0.3) is 6.08 Å². The number of nitrogens with zero attached hydrogens (tertiary/aromatic N) is 1. The van der Waals surface area contributed by atoms with Crippen LogP contribution in [-0.4, -0.2) is 4.98 Å². The molecule has 0 saturated carbocycles. The molecule has 1 rings (SSSR count). The fourth-order valence-corrected chi connectivity index (χ4v) is 0.831. The van der Waals surface area contributed by atoms with Gasteiger partial charge in [-0.25, -0.2) is 4.39 Å². The molecule has 3 heteroatoms. The van der Waals surface area contributed by atoms with E-state index in [0.29, 0.717) is 17.8 Å². The van der Waals surface area contributed by atoms with E-state index in [-0.39, 0.29) is 5.82 Å². The monoisotopic (exact) mass is 152 g/mol. The van der Waals surface area contributed by atoms with Gasteiger partial charge in [0.25, 0.3) is 0 Å². The van der Waals surface area contributed by atoms with E-state index in [1.165, 1.54) is 12.1 Å². The highest BCUT2D eigenvalue weighted by atomic mass is 19.1. The van der Waals surface area contributed by atoms with E-state index in [2.05, 4.69) is 11.6 Å². The van der Waals surface area contributed by atoms with Gasteiger partial charge in [-0.1, -0.05) is 12.7 Å². The van der Waals surface area contributed by atoms with Gasteiger partial charge >= 0.3 is 0 Å². The standard InChI is InChI=1S/C8H9FN2/c1-2-6-3-7(9)5-11-8(6)4-10/h2-3,5H,1,4,10H2. The van der Waals surface area contributed by atoms with Gasteiger partial charge in [0.2, 0.25) is 0 Å². The van der Waals surface area contributed by atoms with Gasteiger partial charge in [-0.2, -0.15) is 0 Å². The first-order valence-electron chi connectivity index (χ1n) is 3.25. The average Bonchev–Trinajstić information content (AvgIpc) is 2.04. The fraction of sp³-hybridized carbons (Fsp3) is 0.125. The maximum Gasteiger partial charge on any atom is 0.142 e. The molecule has 0 radical (unpaired) electrons. The topological polar surface area (TPSA) is 38.9 Å². The van der Waals surface area contributed by atoms with Crippen LogP contribution in [0.15, 0.2) is 18.8 Å². The summed E-state index contributed by atoms with van der Waals surface area (Å²) in [6.45, 7) is 3.83. The zero-order chi connectivity index (χ0) is 8.27. The third-order valence-corrected chi connectivity index (χ3v) is 1.38. The van der Waals surface area contributed by atoms with E-state index in [9.17, 15) is 4.39 Å². The van der Waals surface area contributed by atoms with Gasteiger partial charge in [0, 0.05) is 6.54 Å². The van der Waals surface area contributed by atoms with E-state index in [1.807, 2.05) is 0 Å². The van der Waals surface area contributed by atoms with E-state index in [1.54, 1.807) is 0 Å². The minimum Gasteiger partial charge on any atom is -0.325 e. The lowest BCUT2D eigenvalue weighted by Crippen LogP contribution is -2.02. The van der Waals surface area contributed by atoms with Crippen molar-refractivity contribution < 1.29 is 4.39 Å². The Morgan fingerprint density at radius 1 is 1.73 bits per heavy atom. The molecule has 0 bridgehead atoms. The van der Waals surface area contributed by atoms with Gasteiger partial charge in [0.1, 0.15) is 5.82 Å². The molecule has 1 heterocycles. The minimum atomic E-state index is -0.364. The zero-order valence-electron chi connectivity index (χ0n) is 6.05. The Hall–Kier alpha value is -1.22. The summed E-state index contributed by atoms with van der Waals surface area (Å²) in [5.41, 5.74) is 6.67. The summed E-state index contributed by atoms with van der Waals surface area (Å²) in [4.78, 5) is 3.80. The number of hydrogen-bond acceptors (Lipinski definition) is 2. The van der Waals surface area contributed by atoms with Crippen molar-refractivity contribution >= 4 is 6.08 Å². The number of aromatic nitrogens is 1. The molecule has 0 aliphatic heterocycles. The number of halogens is 1. The Balaban J connectivity index is 3.16. The molecule has 0 fully saturated rings. The molecule has 11 heavy (non-hydrogen) atoms. The van der Waals surface area contributed by atoms with Crippen molar-refractivity contribution in [3.8, 4) is 0 Å². The van der Waals surface area contributed by atoms with Crippen molar-refractivity contribution in [1.29, 1.82) is 0 Å². The maximum atomic E-state index is 12.5. The molecule has 1 aromatic heterocycles. The van der Waals surface area contributed by atoms with E-state index < -0.39 is 0 Å². The quantitative estimate of drug-likeness (QED) is 0.694. The highest BCUT2D eigenvalue weighted by molar-refractivity contribution is 5.49. The van der Waals surface area contributed by atoms with Gasteiger partial charge in [0.15, 0.2) is 0 Å². The molecule has 0 aliphatic carbocycles. The fourth-order valence-electron chi connectivity index (χ4n) is 0.831. The second-order valence-corrected chi connectivity index (χ2v) is 2.10. The molecule has 58 valence electrons. The summed E-state index contributed by atoms with van der Waals surface area (Å²) in [5.74, 6) is -0.364. The van der Waals surface area contributed by atoms with E-state index in [0.717, 1.165) is 6.20 Å². The van der Waals surface area contributed by atoms with E-state index >= 15 is 0 Å². The number of hydrogen-bond donors (Lipinski definition) is 1. The first-order valence-corrected chi connectivity index (χ1v) is 3.25. The lowest BCUT2D eigenvalue weighted by atomic mass is 10.2. The van der Waals surface area contributed by atoms with Crippen LogP contribution in [0.5, 0.6) is 0 Å².